The van der Waals surface area contributed by atoms with Gasteiger partial charge in [-0.05, 0) is 42.9 Å². The van der Waals surface area contributed by atoms with Crippen LogP contribution in [0.3, 0.4) is 0 Å². The lowest BCUT2D eigenvalue weighted by molar-refractivity contribution is 0.120. The normalized spacial score (nSPS) is 11.5. The van der Waals surface area contributed by atoms with Crippen LogP contribution in [0.15, 0.2) is 0 Å². The molecule has 0 saturated heterocycles. The van der Waals surface area contributed by atoms with E-state index in [1.165, 1.54) is 38.5 Å². The molecule has 0 unspecified atom stereocenters. The molecule has 0 saturated carbocycles. The van der Waals surface area contributed by atoms with Crippen molar-refractivity contribution in [3.05, 3.63) is 0 Å². The first kappa shape index (κ1) is 26.8. The molecule has 0 radical (unpaired) electrons. The number of methoxy groups -OCH3 is 1. The molecule has 0 aromatic heterocycles. The molecular weight excluding hydrogens is 272 g/mol. The molecule has 0 heterocycles. The van der Waals surface area contributed by atoms with Gasteiger partial charge in [0, 0.05) is 26.9 Å². The maximum atomic E-state index is 5.47. The summed E-state index contributed by atoms with van der Waals surface area (Å²) in [5.41, 5.74) is 0.937. The summed E-state index contributed by atoms with van der Waals surface area (Å²) < 4.78 is 10.4. The van der Waals surface area contributed by atoms with Gasteiger partial charge in [-0.25, -0.2) is 0 Å². The van der Waals surface area contributed by atoms with E-state index >= 15 is 0 Å². The summed E-state index contributed by atoms with van der Waals surface area (Å²) in [6, 6.07) is 0. The van der Waals surface area contributed by atoms with Crippen LogP contribution >= 0.6 is 0 Å². The van der Waals surface area contributed by atoms with E-state index in [0.29, 0.717) is 10.8 Å². The number of hydrogen-bond acceptors (Lipinski definition) is 2. The van der Waals surface area contributed by atoms with Gasteiger partial charge in [0.05, 0.1) is 0 Å². The molecule has 0 aromatic rings. The summed E-state index contributed by atoms with van der Waals surface area (Å²) in [6.07, 6.45) is 7.34. The van der Waals surface area contributed by atoms with Crippen LogP contribution in [-0.4, -0.2) is 26.9 Å². The largest absolute Gasteiger partial charge is 0.385 e. The molecule has 0 bridgehead atoms. The molecule has 0 aromatic carbocycles. The quantitative estimate of drug-likeness (QED) is 0.439. The molecule has 0 aliphatic carbocycles. The molecule has 0 aliphatic rings. The van der Waals surface area contributed by atoms with Crippen molar-refractivity contribution in [2.75, 3.05) is 26.9 Å². The second-order valence-corrected chi connectivity index (χ2v) is 8.29. The predicted octanol–water partition coefficient (Wildman–Crippen LogP) is 6.72. The minimum Gasteiger partial charge on any atom is -0.385 e. The maximum absolute atomic E-state index is 5.47. The average molecular weight is 319 g/mol. The highest BCUT2D eigenvalue weighted by atomic mass is 16.5. The van der Waals surface area contributed by atoms with Crippen molar-refractivity contribution in [2.45, 2.75) is 94.4 Å². The molecule has 2 heteroatoms. The molecule has 138 valence electrons. The van der Waals surface area contributed by atoms with Gasteiger partial charge in [0.15, 0.2) is 0 Å². The van der Waals surface area contributed by atoms with Crippen LogP contribution in [0.1, 0.15) is 94.4 Å². The Hall–Kier alpha value is -0.0800. The van der Waals surface area contributed by atoms with Gasteiger partial charge in [-0.3, -0.25) is 0 Å². The minimum absolute atomic E-state index is 0. The molecule has 0 N–H and O–H groups in total. The summed E-state index contributed by atoms with van der Waals surface area (Å²) >= 11 is 0. The van der Waals surface area contributed by atoms with E-state index in [4.69, 9.17) is 9.47 Å². The maximum Gasteiger partial charge on any atom is 0.0466 e. The van der Waals surface area contributed by atoms with E-state index in [1.807, 2.05) is 0 Å². The molecule has 22 heavy (non-hydrogen) atoms. The van der Waals surface area contributed by atoms with Crippen LogP contribution in [0.4, 0.5) is 0 Å². The summed E-state index contributed by atoms with van der Waals surface area (Å²) in [4.78, 5) is 0. The fourth-order valence-corrected chi connectivity index (χ4v) is 1.80. The number of hydrogen-bond donors (Lipinski definition) is 0. The van der Waals surface area contributed by atoms with Gasteiger partial charge in [-0.1, -0.05) is 62.3 Å². The number of unbranched alkanes of at least 4 members (excludes halogenated alkanes) is 1. The Morgan fingerprint density at radius 3 is 1.45 bits per heavy atom. The number of ether oxygens (including phenoxy) is 2. The molecule has 2 nitrogen and oxygen atoms in total. The second-order valence-electron chi connectivity index (χ2n) is 8.29. The third-order valence-electron chi connectivity index (χ3n) is 3.13. The van der Waals surface area contributed by atoms with Gasteiger partial charge >= 0.3 is 0 Å². The van der Waals surface area contributed by atoms with Crippen LogP contribution in [0.2, 0.25) is 0 Å². The lowest BCUT2D eigenvalue weighted by Crippen LogP contribution is -2.07. The first-order valence-electron chi connectivity index (χ1n) is 8.69. The highest BCUT2D eigenvalue weighted by Gasteiger charge is 2.09. The standard InChI is InChI=1S/C11H24O.C8H18O.CH4/c1-5-6-9-12-10-7-8-11(2,3)4;1-8(2,3)6-5-7-9-4;/h5-10H2,1-4H3;5-7H2,1-4H3;1H4. The first-order chi connectivity index (χ1) is 9.62. The summed E-state index contributed by atoms with van der Waals surface area (Å²) in [5, 5.41) is 0. The van der Waals surface area contributed by atoms with Crippen molar-refractivity contribution in [3.8, 4) is 0 Å². The van der Waals surface area contributed by atoms with E-state index < -0.39 is 0 Å². The zero-order valence-corrected chi connectivity index (χ0v) is 16.2. The Kier molecular flexibility index (Phi) is 19.2. The van der Waals surface area contributed by atoms with Gasteiger partial charge in [-0.2, -0.15) is 0 Å². The van der Waals surface area contributed by atoms with Gasteiger partial charge in [0.25, 0.3) is 0 Å². The highest BCUT2D eigenvalue weighted by Crippen LogP contribution is 2.20. The van der Waals surface area contributed by atoms with Crippen LogP contribution in [0, 0.1) is 10.8 Å². The van der Waals surface area contributed by atoms with E-state index in [2.05, 4.69) is 48.5 Å². The van der Waals surface area contributed by atoms with Crippen molar-refractivity contribution in [3.63, 3.8) is 0 Å². The van der Waals surface area contributed by atoms with E-state index in [0.717, 1.165) is 19.8 Å². The van der Waals surface area contributed by atoms with E-state index in [9.17, 15) is 0 Å². The van der Waals surface area contributed by atoms with Crippen LogP contribution < -0.4 is 0 Å². The molecule has 0 amide bonds. The SMILES string of the molecule is C.CCCCOCCCC(C)(C)C.COCCCC(C)(C)C. The van der Waals surface area contributed by atoms with Crippen molar-refractivity contribution in [2.24, 2.45) is 10.8 Å². The molecule has 0 atom stereocenters. The van der Waals surface area contributed by atoms with Crippen LogP contribution in [0.5, 0.6) is 0 Å². The number of rotatable bonds is 9. The van der Waals surface area contributed by atoms with Crippen LogP contribution in [0.25, 0.3) is 0 Å². The van der Waals surface area contributed by atoms with Crippen molar-refractivity contribution < 1.29 is 9.47 Å². The van der Waals surface area contributed by atoms with Crippen molar-refractivity contribution in [1.82, 2.24) is 0 Å². The van der Waals surface area contributed by atoms with Gasteiger partial charge in [0.1, 0.15) is 0 Å². The van der Waals surface area contributed by atoms with E-state index in [1.54, 1.807) is 7.11 Å². The molecule has 0 aliphatic heterocycles. The Morgan fingerprint density at radius 1 is 0.682 bits per heavy atom. The van der Waals surface area contributed by atoms with E-state index in [-0.39, 0.29) is 7.43 Å². The Labute approximate surface area is 142 Å². The Morgan fingerprint density at radius 2 is 1.09 bits per heavy atom. The van der Waals surface area contributed by atoms with Gasteiger partial charge in [-0.15, -0.1) is 0 Å². The van der Waals surface area contributed by atoms with Gasteiger partial charge < -0.3 is 9.47 Å². The lowest BCUT2D eigenvalue weighted by Gasteiger charge is -2.17. The first-order valence-corrected chi connectivity index (χ1v) is 8.69. The molecule has 0 spiro atoms. The Balaban J connectivity index is -0.000000326. The second kappa shape index (κ2) is 15.8. The smallest absolute Gasteiger partial charge is 0.0466 e. The fourth-order valence-electron chi connectivity index (χ4n) is 1.80. The minimum atomic E-state index is 0. The highest BCUT2D eigenvalue weighted by molar-refractivity contribution is 4.60. The monoisotopic (exact) mass is 318 g/mol. The topological polar surface area (TPSA) is 18.5 Å². The third-order valence-corrected chi connectivity index (χ3v) is 3.13. The zero-order valence-electron chi connectivity index (χ0n) is 16.2. The molecule has 0 rings (SSSR count). The summed E-state index contributed by atoms with van der Waals surface area (Å²) in [6.45, 7) is 18.6. The molecular formula is C20H46O2. The Bertz CT molecular complexity index is 199. The lowest BCUT2D eigenvalue weighted by atomic mass is 9.91. The third kappa shape index (κ3) is 32.0. The zero-order chi connectivity index (χ0) is 16.8. The van der Waals surface area contributed by atoms with Crippen molar-refractivity contribution >= 4 is 0 Å². The summed E-state index contributed by atoms with van der Waals surface area (Å²) in [5.74, 6) is 0. The van der Waals surface area contributed by atoms with Crippen molar-refractivity contribution in [1.29, 1.82) is 0 Å². The predicted molar refractivity (Wildman–Crippen MR) is 102 cm³/mol. The van der Waals surface area contributed by atoms with Gasteiger partial charge in [0.2, 0.25) is 0 Å². The average Bonchev–Trinajstić information content (AvgIpc) is 2.32. The summed E-state index contributed by atoms with van der Waals surface area (Å²) in [7, 11) is 1.75. The fraction of sp³-hybridized carbons (Fsp3) is 1.00. The molecule has 0 fully saturated rings. The van der Waals surface area contributed by atoms with Crippen LogP contribution in [-0.2, 0) is 9.47 Å².